The van der Waals surface area contributed by atoms with Crippen LogP contribution in [0.25, 0.3) is 0 Å². The Kier molecular flexibility index (Phi) is 7.23. The van der Waals surface area contributed by atoms with Crippen molar-refractivity contribution in [2.45, 2.75) is 18.9 Å². The van der Waals surface area contributed by atoms with Crippen LogP contribution in [-0.4, -0.2) is 80.2 Å². The largest absolute Gasteiger partial charge is 0.491 e. The van der Waals surface area contributed by atoms with Crippen LogP contribution in [-0.2, 0) is 0 Å². The summed E-state index contributed by atoms with van der Waals surface area (Å²) in [6, 6.07) is 1.51. The minimum absolute atomic E-state index is 0.0314. The minimum atomic E-state index is -0.527. The number of rotatable bonds is 7. The molecule has 1 aromatic carbocycles. The van der Waals surface area contributed by atoms with E-state index in [2.05, 4.69) is 10.2 Å². The van der Waals surface area contributed by atoms with Gasteiger partial charge in [0.2, 0.25) is 5.75 Å². The zero-order valence-electron chi connectivity index (χ0n) is 15.9. The number of piperidine rings is 1. The van der Waals surface area contributed by atoms with Gasteiger partial charge < -0.3 is 34.6 Å². The van der Waals surface area contributed by atoms with Gasteiger partial charge in [-0.25, -0.2) is 0 Å². The Balaban J connectivity index is 1.64. The number of halogens is 1. The maximum atomic E-state index is 12.8. The van der Waals surface area contributed by atoms with E-state index in [9.17, 15) is 9.90 Å². The number of nitrogens with zero attached hydrogens (tertiary/aromatic N) is 1. The van der Waals surface area contributed by atoms with Gasteiger partial charge in [-0.15, -0.1) is 0 Å². The maximum Gasteiger partial charge on any atom is 0.255 e. The first-order chi connectivity index (χ1) is 13.5. The fourth-order valence-corrected chi connectivity index (χ4v) is 3.88. The number of likely N-dealkylation sites (tertiary alicyclic amines) is 1. The molecule has 156 valence electrons. The number of aliphatic hydroxyl groups is 2. The van der Waals surface area contributed by atoms with Crippen molar-refractivity contribution in [3.8, 4) is 17.2 Å². The van der Waals surface area contributed by atoms with Crippen molar-refractivity contribution in [1.29, 1.82) is 0 Å². The average Bonchev–Trinajstić information content (AvgIpc) is 2.70. The van der Waals surface area contributed by atoms with E-state index in [1.54, 1.807) is 0 Å². The molecule has 0 aliphatic carbocycles. The van der Waals surface area contributed by atoms with Crippen molar-refractivity contribution in [3.05, 3.63) is 16.7 Å². The summed E-state index contributed by atoms with van der Waals surface area (Å²) in [6.45, 7) is 3.33. The molecule has 8 nitrogen and oxygen atoms in total. The molecule has 2 atom stereocenters. The van der Waals surface area contributed by atoms with E-state index >= 15 is 0 Å². The van der Waals surface area contributed by atoms with Crippen LogP contribution in [0.3, 0.4) is 0 Å². The van der Waals surface area contributed by atoms with Crippen molar-refractivity contribution in [1.82, 2.24) is 10.2 Å². The Morgan fingerprint density at radius 1 is 1.39 bits per heavy atom. The lowest BCUT2D eigenvalue weighted by atomic mass is 9.93. The molecule has 1 fully saturated rings. The number of β-amino-alcohol motifs (C(OH)–C–C–N with tert-alkyl or cyclic N) is 1. The number of carbonyl (C=O) groups is 1. The standard InChI is InChI=1S/C19H27ClN2O6/c1-26-17-14(20)9-13(16-18(17)28-8-7-27-16)19(25)21-10-12-3-5-22(4-2-6-23)11-15(12)24/h9,12,15,23-24H,2-8,10-11H2,1H3,(H,21,25)/t12-,15+/m0/s1. The lowest BCUT2D eigenvalue weighted by molar-refractivity contribution is 0.0201. The zero-order valence-corrected chi connectivity index (χ0v) is 16.7. The molecule has 9 heteroatoms. The fourth-order valence-electron chi connectivity index (χ4n) is 3.61. The molecule has 0 spiro atoms. The van der Waals surface area contributed by atoms with Crippen LogP contribution in [0.15, 0.2) is 6.07 Å². The van der Waals surface area contributed by atoms with Crippen LogP contribution in [0.2, 0.25) is 5.02 Å². The van der Waals surface area contributed by atoms with Crippen molar-refractivity contribution in [3.63, 3.8) is 0 Å². The van der Waals surface area contributed by atoms with Crippen molar-refractivity contribution in [2.24, 2.45) is 5.92 Å². The second kappa shape index (κ2) is 9.65. The van der Waals surface area contributed by atoms with Gasteiger partial charge >= 0.3 is 0 Å². The molecule has 3 rings (SSSR count). The van der Waals surface area contributed by atoms with Gasteiger partial charge in [0.15, 0.2) is 11.5 Å². The summed E-state index contributed by atoms with van der Waals surface area (Å²) >= 11 is 6.24. The third kappa shape index (κ3) is 4.63. The predicted octanol–water partition coefficient (Wildman–Crippen LogP) is 0.915. The lowest BCUT2D eigenvalue weighted by Crippen LogP contribution is -2.48. The fraction of sp³-hybridized carbons (Fsp3) is 0.632. The third-order valence-electron chi connectivity index (χ3n) is 5.13. The molecular formula is C19H27ClN2O6. The van der Waals surface area contributed by atoms with E-state index in [-0.39, 0.29) is 29.0 Å². The Bertz CT molecular complexity index is 701. The topological polar surface area (TPSA) is 100 Å². The minimum Gasteiger partial charge on any atom is -0.491 e. The lowest BCUT2D eigenvalue weighted by Gasteiger charge is -2.36. The second-order valence-electron chi connectivity index (χ2n) is 7.00. The number of amides is 1. The number of aliphatic hydroxyl groups excluding tert-OH is 2. The monoisotopic (exact) mass is 414 g/mol. The van der Waals surface area contributed by atoms with Gasteiger partial charge in [0.1, 0.15) is 13.2 Å². The van der Waals surface area contributed by atoms with Gasteiger partial charge in [-0.2, -0.15) is 0 Å². The summed E-state index contributed by atoms with van der Waals surface area (Å²) in [7, 11) is 1.48. The smallest absolute Gasteiger partial charge is 0.255 e. The number of fused-ring (bicyclic) bond motifs is 1. The Labute approximate surface area is 169 Å². The number of hydrogen-bond donors (Lipinski definition) is 3. The van der Waals surface area contributed by atoms with E-state index in [1.165, 1.54) is 13.2 Å². The van der Waals surface area contributed by atoms with E-state index in [4.69, 9.17) is 30.9 Å². The van der Waals surface area contributed by atoms with Gasteiger partial charge in [0.25, 0.3) is 5.91 Å². The summed E-state index contributed by atoms with van der Waals surface area (Å²) in [5.74, 6) is 0.642. The van der Waals surface area contributed by atoms with E-state index in [0.29, 0.717) is 50.0 Å². The Hall–Kier alpha value is -1.74. The van der Waals surface area contributed by atoms with E-state index in [0.717, 1.165) is 19.5 Å². The predicted molar refractivity (Wildman–Crippen MR) is 104 cm³/mol. The molecule has 1 aromatic rings. The molecule has 28 heavy (non-hydrogen) atoms. The molecule has 0 unspecified atom stereocenters. The highest BCUT2D eigenvalue weighted by atomic mass is 35.5. The third-order valence-corrected chi connectivity index (χ3v) is 5.41. The summed E-state index contributed by atoms with van der Waals surface area (Å²) in [5, 5.41) is 22.5. The number of benzene rings is 1. The first-order valence-corrected chi connectivity index (χ1v) is 9.88. The van der Waals surface area contributed by atoms with Crippen molar-refractivity contribution >= 4 is 17.5 Å². The summed E-state index contributed by atoms with van der Waals surface area (Å²) in [5.41, 5.74) is 0.287. The van der Waals surface area contributed by atoms with Crippen LogP contribution in [0.1, 0.15) is 23.2 Å². The molecule has 2 heterocycles. The summed E-state index contributed by atoms with van der Waals surface area (Å²) < 4.78 is 16.5. The first-order valence-electron chi connectivity index (χ1n) is 9.50. The summed E-state index contributed by atoms with van der Waals surface area (Å²) in [6.07, 6.45) is 0.939. The van der Waals surface area contributed by atoms with Gasteiger partial charge in [-0.1, -0.05) is 11.6 Å². The quantitative estimate of drug-likeness (QED) is 0.609. The molecule has 1 saturated heterocycles. The van der Waals surface area contributed by atoms with Crippen LogP contribution >= 0.6 is 11.6 Å². The van der Waals surface area contributed by atoms with Gasteiger partial charge in [0, 0.05) is 32.2 Å². The Morgan fingerprint density at radius 2 is 2.14 bits per heavy atom. The van der Waals surface area contributed by atoms with Gasteiger partial charge in [0.05, 0.1) is 23.8 Å². The number of ether oxygens (including phenoxy) is 3. The second-order valence-corrected chi connectivity index (χ2v) is 7.41. The first kappa shape index (κ1) is 21.0. The number of nitrogens with one attached hydrogen (secondary N) is 1. The van der Waals surface area contributed by atoms with Crippen LogP contribution in [0.4, 0.5) is 0 Å². The zero-order chi connectivity index (χ0) is 20.1. The molecular weight excluding hydrogens is 388 g/mol. The number of methoxy groups -OCH3 is 1. The Morgan fingerprint density at radius 3 is 2.82 bits per heavy atom. The highest BCUT2D eigenvalue weighted by Crippen LogP contribution is 2.46. The van der Waals surface area contributed by atoms with Crippen molar-refractivity contribution < 1.29 is 29.2 Å². The molecule has 1 amide bonds. The maximum absolute atomic E-state index is 12.8. The van der Waals surface area contributed by atoms with Crippen LogP contribution in [0, 0.1) is 5.92 Å². The SMILES string of the molecule is COc1c(Cl)cc(C(=O)NC[C@@H]2CCN(CCCO)C[C@H]2O)c2c1OCCO2. The van der Waals surface area contributed by atoms with Crippen LogP contribution in [0.5, 0.6) is 17.2 Å². The van der Waals surface area contributed by atoms with Gasteiger partial charge in [-0.3, -0.25) is 4.79 Å². The van der Waals surface area contributed by atoms with E-state index in [1.807, 2.05) is 0 Å². The normalized spacial score (nSPS) is 22.0. The molecule has 2 aliphatic heterocycles. The molecule has 0 aromatic heterocycles. The number of carbonyl (C=O) groups excluding carboxylic acids is 1. The van der Waals surface area contributed by atoms with Crippen LogP contribution < -0.4 is 19.5 Å². The van der Waals surface area contributed by atoms with Gasteiger partial charge in [-0.05, 0) is 25.5 Å². The highest BCUT2D eigenvalue weighted by Gasteiger charge is 2.30. The summed E-state index contributed by atoms with van der Waals surface area (Å²) in [4.78, 5) is 14.9. The molecule has 0 radical (unpaired) electrons. The highest BCUT2D eigenvalue weighted by molar-refractivity contribution is 6.33. The van der Waals surface area contributed by atoms with Crippen molar-refractivity contribution in [2.75, 3.05) is 53.1 Å². The molecule has 3 N–H and O–H groups in total. The number of hydrogen-bond acceptors (Lipinski definition) is 7. The molecule has 2 aliphatic rings. The molecule has 0 bridgehead atoms. The van der Waals surface area contributed by atoms with E-state index < -0.39 is 6.10 Å². The average molecular weight is 415 g/mol. The molecule has 0 saturated carbocycles.